The van der Waals surface area contributed by atoms with Gasteiger partial charge in [0.15, 0.2) is 0 Å². The largest absolute Gasteiger partial charge is 0.384 e. The van der Waals surface area contributed by atoms with Gasteiger partial charge in [0.05, 0.1) is 6.61 Å². The topological polar surface area (TPSA) is 58.6 Å². The number of nitrogens with zero attached hydrogens (tertiary/aromatic N) is 1. The van der Waals surface area contributed by atoms with Crippen molar-refractivity contribution in [1.82, 2.24) is 4.90 Å². The minimum absolute atomic E-state index is 0.299. The van der Waals surface area contributed by atoms with E-state index in [1.807, 2.05) is 6.92 Å². The van der Waals surface area contributed by atoms with Gasteiger partial charge in [0, 0.05) is 30.9 Å². The van der Waals surface area contributed by atoms with E-state index in [-0.39, 0.29) is 0 Å². The van der Waals surface area contributed by atoms with Crippen LogP contribution < -0.4 is 5.32 Å². The predicted octanol–water partition coefficient (Wildman–Crippen LogP) is 2.47. The smallest absolute Gasteiger partial charge is 0.313 e. The van der Waals surface area contributed by atoms with Gasteiger partial charge >= 0.3 is 11.8 Å². The second kappa shape index (κ2) is 7.61. The number of hydrogen-bond donors (Lipinski definition) is 1. The van der Waals surface area contributed by atoms with Crippen molar-refractivity contribution in [2.45, 2.75) is 19.8 Å². The molecule has 1 N–H and O–H groups in total. The number of rotatable bonds is 3. The molecule has 0 spiro atoms. The quantitative estimate of drug-likeness (QED) is 0.869. The summed E-state index contributed by atoms with van der Waals surface area (Å²) in [6.07, 6.45) is 1.92. The highest BCUT2D eigenvalue weighted by Gasteiger charge is 2.28. The van der Waals surface area contributed by atoms with Gasteiger partial charge in [-0.3, -0.25) is 9.59 Å². The standard InChI is InChI=1S/C16H21ClN2O3/c1-11-8-13(17)5-6-14(11)18-15(20)16(21)19-7-3-4-12(9-19)10-22-2/h5-6,8,12H,3-4,7,9-10H2,1-2H3,(H,18,20)/t12-/m0/s1. The summed E-state index contributed by atoms with van der Waals surface area (Å²) in [7, 11) is 1.65. The van der Waals surface area contributed by atoms with Crippen LogP contribution in [0.3, 0.4) is 0 Å². The van der Waals surface area contributed by atoms with Crippen LogP contribution in [0.2, 0.25) is 5.02 Å². The highest BCUT2D eigenvalue weighted by molar-refractivity contribution is 6.39. The Balaban J connectivity index is 1.98. The maximum absolute atomic E-state index is 12.3. The van der Waals surface area contributed by atoms with Crippen LogP contribution in [0.4, 0.5) is 5.69 Å². The first-order valence-electron chi connectivity index (χ1n) is 7.36. The number of hydrogen-bond acceptors (Lipinski definition) is 3. The molecule has 1 aliphatic heterocycles. The average molecular weight is 325 g/mol. The van der Waals surface area contributed by atoms with Gasteiger partial charge in [-0.05, 0) is 49.4 Å². The number of halogens is 1. The summed E-state index contributed by atoms with van der Waals surface area (Å²) in [4.78, 5) is 26.0. The molecule has 0 saturated carbocycles. The third-order valence-corrected chi connectivity index (χ3v) is 4.07. The van der Waals surface area contributed by atoms with Crippen LogP contribution in [0.1, 0.15) is 18.4 Å². The van der Waals surface area contributed by atoms with Crippen molar-refractivity contribution in [1.29, 1.82) is 0 Å². The van der Waals surface area contributed by atoms with Gasteiger partial charge in [-0.1, -0.05) is 11.6 Å². The Hall–Kier alpha value is -1.59. The lowest BCUT2D eigenvalue weighted by Gasteiger charge is -2.31. The van der Waals surface area contributed by atoms with Crippen molar-refractivity contribution in [3.8, 4) is 0 Å². The normalized spacial score (nSPS) is 18.1. The van der Waals surface area contributed by atoms with Gasteiger partial charge in [0.1, 0.15) is 0 Å². The number of benzene rings is 1. The Labute approximate surface area is 135 Å². The summed E-state index contributed by atoms with van der Waals surface area (Å²) in [5.41, 5.74) is 1.43. The van der Waals surface area contributed by atoms with E-state index in [0.717, 1.165) is 18.4 Å². The molecule has 1 fully saturated rings. The number of likely N-dealkylation sites (tertiary alicyclic amines) is 1. The maximum atomic E-state index is 12.3. The van der Waals surface area contributed by atoms with E-state index < -0.39 is 11.8 Å². The van der Waals surface area contributed by atoms with Crippen LogP contribution in [0, 0.1) is 12.8 Å². The molecule has 5 nitrogen and oxygen atoms in total. The molecule has 1 atom stereocenters. The van der Waals surface area contributed by atoms with Crippen molar-refractivity contribution in [2.24, 2.45) is 5.92 Å². The number of aryl methyl sites for hydroxylation is 1. The lowest BCUT2D eigenvalue weighted by Crippen LogP contribution is -2.46. The van der Waals surface area contributed by atoms with Crippen LogP contribution in [0.25, 0.3) is 0 Å². The summed E-state index contributed by atoms with van der Waals surface area (Å²) >= 11 is 5.88. The molecule has 0 aromatic heterocycles. The van der Waals surface area contributed by atoms with E-state index >= 15 is 0 Å². The van der Waals surface area contributed by atoms with Crippen molar-refractivity contribution >= 4 is 29.1 Å². The van der Waals surface area contributed by atoms with E-state index in [4.69, 9.17) is 16.3 Å². The molecular formula is C16H21ClN2O3. The molecule has 1 aliphatic rings. The molecule has 2 rings (SSSR count). The molecule has 0 aliphatic carbocycles. The third-order valence-electron chi connectivity index (χ3n) is 3.84. The molecule has 1 heterocycles. The summed E-state index contributed by atoms with van der Waals surface area (Å²) in [5.74, 6) is -0.800. The van der Waals surface area contributed by atoms with Gasteiger partial charge in [-0.25, -0.2) is 0 Å². The molecule has 0 bridgehead atoms. The molecule has 22 heavy (non-hydrogen) atoms. The minimum Gasteiger partial charge on any atom is -0.384 e. The SMILES string of the molecule is COC[C@H]1CCCN(C(=O)C(=O)Nc2ccc(Cl)cc2C)C1. The zero-order chi connectivity index (χ0) is 16.1. The lowest BCUT2D eigenvalue weighted by atomic mass is 9.99. The fourth-order valence-electron chi connectivity index (χ4n) is 2.71. The maximum Gasteiger partial charge on any atom is 0.313 e. The summed E-state index contributed by atoms with van der Waals surface area (Å²) < 4.78 is 5.14. The second-order valence-corrected chi connectivity index (χ2v) is 6.06. The minimum atomic E-state index is -0.608. The fourth-order valence-corrected chi connectivity index (χ4v) is 2.93. The number of anilines is 1. The van der Waals surface area contributed by atoms with E-state index in [2.05, 4.69) is 5.32 Å². The number of carbonyl (C=O) groups excluding carboxylic acids is 2. The Morgan fingerprint density at radius 2 is 2.23 bits per heavy atom. The van der Waals surface area contributed by atoms with E-state index in [1.54, 1.807) is 30.2 Å². The highest BCUT2D eigenvalue weighted by atomic mass is 35.5. The number of amides is 2. The molecule has 6 heteroatoms. The molecule has 2 amide bonds. The zero-order valence-corrected chi connectivity index (χ0v) is 13.7. The van der Waals surface area contributed by atoms with E-state index in [0.29, 0.717) is 36.3 Å². The second-order valence-electron chi connectivity index (χ2n) is 5.63. The van der Waals surface area contributed by atoms with Crippen molar-refractivity contribution in [2.75, 3.05) is 32.1 Å². The van der Waals surface area contributed by atoms with Crippen LogP contribution in [-0.2, 0) is 14.3 Å². The van der Waals surface area contributed by atoms with E-state index in [1.165, 1.54) is 0 Å². The molecule has 1 saturated heterocycles. The van der Waals surface area contributed by atoms with Gasteiger partial charge in [-0.15, -0.1) is 0 Å². The van der Waals surface area contributed by atoms with Crippen LogP contribution in [0.15, 0.2) is 18.2 Å². The highest BCUT2D eigenvalue weighted by Crippen LogP contribution is 2.20. The summed E-state index contributed by atoms with van der Waals surface area (Å²) in [6.45, 7) is 3.63. The monoisotopic (exact) mass is 324 g/mol. The first kappa shape index (κ1) is 16.8. The Morgan fingerprint density at radius 3 is 2.91 bits per heavy atom. The fraction of sp³-hybridized carbons (Fsp3) is 0.500. The third kappa shape index (κ3) is 4.21. The Morgan fingerprint density at radius 1 is 1.45 bits per heavy atom. The van der Waals surface area contributed by atoms with Gasteiger partial charge in [-0.2, -0.15) is 0 Å². The number of methoxy groups -OCH3 is 1. The first-order chi connectivity index (χ1) is 10.5. The van der Waals surface area contributed by atoms with Crippen molar-refractivity contribution in [3.05, 3.63) is 28.8 Å². The van der Waals surface area contributed by atoms with Gasteiger partial charge in [0.2, 0.25) is 0 Å². The van der Waals surface area contributed by atoms with Crippen molar-refractivity contribution < 1.29 is 14.3 Å². The number of piperidine rings is 1. The number of ether oxygens (including phenoxy) is 1. The lowest BCUT2D eigenvalue weighted by molar-refractivity contribution is -0.144. The van der Waals surface area contributed by atoms with Crippen LogP contribution in [-0.4, -0.2) is 43.5 Å². The van der Waals surface area contributed by atoms with Gasteiger partial charge < -0.3 is 15.0 Å². The molecule has 1 aromatic carbocycles. The van der Waals surface area contributed by atoms with Crippen LogP contribution >= 0.6 is 11.6 Å². The summed E-state index contributed by atoms with van der Waals surface area (Å²) in [6, 6.07) is 5.13. The average Bonchev–Trinajstić information content (AvgIpc) is 2.50. The molecule has 1 aromatic rings. The Kier molecular flexibility index (Phi) is 5.80. The Bertz CT molecular complexity index is 560. The zero-order valence-electron chi connectivity index (χ0n) is 12.9. The van der Waals surface area contributed by atoms with E-state index in [9.17, 15) is 9.59 Å². The predicted molar refractivity (Wildman–Crippen MR) is 86.0 cm³/mol. The molecule has 0 unspecified atom stereocenters. The number of nitrogens with one attached hydrogen (secondary N) is 1. The van der Waals surface area contributed by atoms with Gasteiger partial charge in [0.25, 0.3) is 0 Å². The molecular weight excluding hydrogens is 304 g/mol. The molecule has 0 radical (unpaired) electrons. The van der Waals surface area contributed by atoms with Crippen LogP contribution in [0.5, 0.6) is 0 Å². The number of carbonyl (C=O) groups is 2. The van der Waals surface area contributed by atoms with Crippen molar-refractivity contribution in [3.63, 3.8) is 0 Å². The molecule has 120 valence electrons. The first-order valence-corrected chi connectivity index (χ1v) is 7.74. The summed E-state index contributed by atoms with van der Waals surface area (Å²) in [5, 5.41) is 3.26.